The third-order valence-electron chi connectivity index (χ3n) is 5.22. The van der Waals surface area contributed by atoms with E-state index in [1.165, 1.54) is 0 Å². The smallest absolute Gasteiger partial charge is 0.318 e. The van der Waals surface area contributed by atoms with Gasteiger partial charge < -0.3 is 19.9 Å². The van der Waals surface area contributed by atoms with Crippen LogP contribution in [0.15, 0.2) is 42.5 Å². The van der Waals surface area contributed by atoms with Crippen LogP contribution in [0.1, 0.15) is 35.8 Å². The van der Waals surface area contributed by atoms with Crippen LogP contribution >= 0.6 is 0 Å². The number of para-hydroxylation sites is 2. The Morgan fingerprint density at radius 1 is 1.29 bits per heavy atom. The molecule has 1 aromatic heterocycles. The molecule has 1 atom stereocenters. The number of ether oxygens (including phenoxy) is 1. The van der Waals surface area contributed by atoms with Gasteiger partial charge in [0.15, 0.2) is 0 Å². The van der Waals surface area contributed by atoms with Gasteiger partial charge in [0.25, 0.3) is 0 Å². The first kappa shape index (κ1) is 18.3. The van der Waals surface area contributed by atoms with Gasteiger partial charge >= 0.3 is 6.03 Å². The highest BCUT2D eigenvalue weighted by Gasteiger charge is 2.32. The number of nitrogens with zero attached hydrogens (tertiary/aromatic N) is 2. The number of likely N-dealkylation sites (tertiary alicyclic amines) is 1. The molecule has 3 aromatic rings. The van der Waals surface area contributed by atoms with Crippen molar-refractivity contribution in [1.29, 1.82) is 0 Å². The van der Waals surface area contributed by atoms with Crippen LogP contribution in [-0.2, 0) is 0 Å². The summed E-state index contributed by atoms with van der Waals surface area (Å²) in [6.07, 6.45) is 1.90. The maximum atomic E-state index is 12.7. The van der Waals surface area contributed by atoms with Crippen LogP contribution < -0.4 is 10.1 Å². The molecule has 0 unspecified atom stereocenters. The lowest BCUT2D eigenvalue weighted by Gasteiger charge is -2.23. The molecule has 2 N–H and O–H groups in total. The number of aryl methyl sites for hydroxylation is 2. The molecule has 1 saturated heterocycles. The van der Waals surface area contributed by atoms with E-state index in [1.807, 2.05) is 55.1 Å². The Kier molecular flexibility index (Phi) is 5.19. The molecule has 0 saturated carbocycles. The first-order chi connectivity index (χ1) is 13.6. The van der Waals surface area contributed by atoms with E-state index in [0.29, 0.717) is 13.2 Å². The Balaban J connectivity index is 1.34. The maximum absolute atomic E-state index is 12.7. The van der Waals surface area contributed by atoms with E-state index in [-0.39, 0.29) is 12.1 Å². The van der Waals surface area contributed by atoms with Crippen molar-refractivity contribution in [2.75, 3.05) is 19.7 Å². The van der Waals surface area contributed by atoms with Crippen LogP contribution in [-0.4, -0.2) is 40.6 Å². The van der Waals surface area contributed by atoms with Crippen molar-refractivity contribution in [1.82, 2.24) is 20.2 Å². The molecule has 146 valence electrons. The average Bonchev–Trinajstić information content (AvgIpc) is 3.34. The summed E-state index contributed by atoms with van der Waals surface area (Å²) in [6.45, 7) is 5.72. The second-order valence-electron chi connectivity index (χ2n) is 7.34. The number of amides is 2. The molecule has 6 nitrogen and oxygen atoms in total. The summed E-state index contributed by atoms with van der Waals surface area (Å²) in [7, 11) is 0. The van der Waals surface area contributed by atoms with Gasteiger partial charge in [-0.05, 0) is 56.0 Å². The average molecular weight is 378 g/mol. The molecular weight excluding hydrogens is 352 g/mol. The number of benzene rings is 2. The largest absolute Gasteiger partial charge is 0.491 e. The van der Waals surface area contributed by atoms with Gasteiger partial charge in [-0.3, -0.25) is 0 Å². The van der Waals surface area contributed by atoms with E-state index >= 15 is 0 Å². The lowest BCUT2D eigenvalue weighted by molar-refractivity contribution is 0.188. The molecule has 1 fully saturated rings. The van der Waals surface area contributed by atoms with Gasteiger partial charge in [-0.2, -0.15) is 0 Å². The highest BCUT2D eigenvalue weighted by molar-refractivity contribution is 5.77. The summed E-state index contributed by atoms with van der Waals surface area (Å²) in [6, 6.07) is 14.0. The number of hydrogen-bond donors (Lipinski definition) is 2. The minimum absolute atomic E-state index is 0.00710. The maximum Gasteiger partial charge on any atom is 0.318 e. The fraction of sp³-hybridized carbons (Fsp3) is 0.364. The van der Waals surface area contributed by atoms with Crippen LogP contribution in [0.2, 0.25) is 0 Å². The number of hydrogen-bond acceptors (Lipinski definition) is 3. The Morgan fingerprint density at radius 2 is 2.14 bits per heavy atom. The monoisotopic (exact) mass is 378 g/mol. The quantitative estimate of drug-likeness (QED) is 0.657. The van der Waals surface area contributed by atoms with E-state index < -0.39 is 0 Å². The van der Waals surface area contributed by atoms with Crippen LogP contribution in [0.3, 0.4) is 0 Å². The molecule has 28 heavy (non-hydrogen) atoms. The molecular formula is C22H26N4O2. The molecule has 1 aliphatic heterocycles. The number of carbonyl (C=O) groups excluding carboxylic acids is 1. The molecule has 2 aromatic carbocycles. The molecule has 0 bridgehead atoms. The van der Waals surface area contributed by atoms with Gasteiger partial charge in [0.1, 0.15) is 18.2 Å². The molecule has 6 heteroatoms. The van der Waals surface area contributed by atoms with Crippen LogP contribution in [0, 0.1) is 13.8 Å². The highest BCUT2D eigenvalue weighted by atomic mass is 16.5. The second kappa shape index (κ2) is 7.92. The molecule has 0 spiro atoms. The fourth-order valence-corrected chi connectivity index (χ4v) is 3.71. The minimum atomic E-state index is -0.0625. The zero-order valence-electron chi connectivity index (χ0n) is 16.4. The van der Waals surface area contributed by atoms with E-state index in [9.17, 15) is 4.79 Å². The third-order valence-corrected chi connectivity index (χ3v) is 5.22. The number of urea groups is 1. The first-order valence-corrected chi connectivity index (χ1v) is 9.81. The van der Waals surface area contributed by atoms with E-state index in [0.717, 1.165) is 53.1 Å². The molecule has 0 aliphatic carbocycles. The SMILES string of the molecule is Cc1ccc(C)c(OCCNC(=O)N2CCC[C@@H]2c2nc3ccccc3[nH]2)c1. The van der Waals surface area contributed by atoms with Crippen molar-refractivity contribution in [3.8, 4) is 5.75 Å². The van der Waals surface area contributed by atoms with Crippen LogP contribution in [0.5, 0.6) is 5.75 Å². The number of nitrogens with one attached hydrogen (secondary N) is 2. The van der Waals surface area contributed by atoms with Crippen molar-refractivity contribution in [3.05, 3.63) is 59.4 Å². The molecule has 4 rings (SSSR count). The fourth-order valence-electron chi connectivity index (χ4n) is 3.71. The summed E-state index contributed by atoms with van der Waals surface area (Å²) in [5.74, 6) is 1.73. The zero-order chi connectivity index (χ0) is 19.5. The molecule has 2 heterocycles. The first-order valence-electron chi connectivity index (χ1n) is 9.81. The number of carbonyl (C=O) groups is 1. The normalized spacial score (nSPS) is 16.5. The van der Waals surface area contributed by atoms with Crippen LogP contribution in [0.4, 0.5) is 4.79 Å². The predicted octanol–water partition coefficient (Wildman–Crippen LogP) is 4.11. The third kappa shape index (κ3) is 3.81. The van der Waals surface area contributed by atoms with E-state index in [4.69, 9.17) is 4.74 Å². The predicted molar refractivity (Wildman–Crippen MR) is 110 cm³/mol. The standard InChI is InChI=1S/C22H26N4O2/c1-15-9-10-16(2)20(14-15)28-13-11-23-22(27)26-12-5-8-19(26)21-24-17-6-3-4-7-18(17)25-21/h3-4,6-7,9-10,14,19H,5,8,11-13H2,1-2H3,(H,23,27)(H,24,25)/t19-/m1/s1. The summed E-state index contributed by atoms with van der Waals surface area (Å²) >= 11 is 0. The Bertz CT molecular complexity index is 949. The topological polar surface area (TPSA) is 70.2 Å². The number of rotatable bonds is 5. The highest BCUT2D eigenvalue weighted by Crippen LogP contribution is 2.31. The second-order valence-corrected chi connectivity index (χ2v) is 7.34. The Morgan fingerprint density at radius 3 is 3.00 bits per heavy atom. The minimum Gasteiger partial charge on any atom is -0.491 e. The van der Waals surface area contributed by atoms with Crippen molar-refractivity contribution < 1.29 is 9.53 Å². The van der Waals surface area contributed by atoms with E-state index in [2.05, 4.69) is 21.4 Å². The molecule has 2 amide bonds. The van der Waals surface area contributed by atoms with E-state index in [1.54, 1.807) is 0 Å². The van der Waals surface area contributed by atoms with Crippen molar-refractivity contribution in [3.63, 3.8) is 0 Å². The number of aromatic nitrogens is 2. The van der Waals surface area contributed by atoms with Gasteiger partial charge in [0, 0.05) is 6.54 Å². The van der Waals surface area contributed by atoms with Crippen molar-refractivity contribution in [2.24, 2.45) is 0 Å². The molecule has 0 radical (unpaired) electrons. The van der Waals surface area contributed by atoms with Crippen LogP contribution in [0.25, 0.3) is 11.0 Å². The van der Waals surface area contributed by atoms with Gasteiger partial charge in [-0.15, -0.1) is 0 Å². The number of aromatic amines is 1. The number of imidazole rings is 1. The summed E-state index contributed by atoms with van der Waals surface area (Å²) in [5, 5.41) is 2.98. The Hall–Kier alpha value is -3.02. The summed E-state index contributed by atoms with van der Waals surface area (Å²) < 4.78 is 5.83. The van der Waals surface area contributed by atoms with Gasteiger partial charge in [-0.25, -0.2) is 9.78 Å². The zero-order valence-corrected chi connectivity index (χ0v) is 16.4. The summed E-state index contributed by atoms with van der Waals surface area (Å²) in [4.78, 5) is 22.6. The molecule has 1 aliphatic rings. The lowest BCUT2D eigenvalue weighted by atomic mass is 10.1. The van der Waals surface area contributed by atoms with Gasteiger partial charge in [0.05, 0.1) is 23.6 Å². The lowest BCUT2D eigenvalue weighted by Crippen LogP contribution is -2.41. The van der Waals surface area contributed by atoms with Crippen molar-refractivity contribution >= 4 is 17.1 Å². The van der Waals surface area contributed by atoms with Gasteiger partial charge in [-0.1, -0.05) is 24.3 Å². The van der Waals surface area contributed by atoms with Crippen molar-refractivity contribution in [2.45, 2.75) is 32.7 Å². The summed E-state index contributed by atoms with van der Waals surface area (Å²) in [5.41, 5.74) is 4.20. The number of H-pyrrole nitrogens is 1. The number of fused-ring (bicyclic) bond motifs is 1. The van der Waals surface area contributed by atoms with Gasteiger partial charge in [0.2, 0.25) is 0 Å². The Labute approximate surface area is 164 Å².